The molecule has 6 nitrogen and oxygen atoms in total. The summed E-state index contributed by atoms with van der Waals surface area (Å²) in [5, 5.41) is 15.3. The summed E-state index contributed by atoms with van der Waals surface area (Å²) in [6.45, 7) is 0.755. The summed E-state index contributed by atoms with van der Waals surface area (Å²) in [6.07, 6.45) is 4.22. The minimum absolute atomic E-state index is 0.0870. The maximum Gasteiger partial charge on any atom is 0.272 e. The summed E-state index contributed by atoms with van der Waals surface area (Å²) in [4.78, 5) is 24.8. The maximum atomic E-state index is 12.8. The first-order valence-electron chi connectivity index (χ1n) is 10.7. The van der Waals surface area contributed by atoms with Gasteiger partial charge in [-0.15, -0.1) is 0 Å². The fourth-order valence-electron chi connectivity index (χ4n) is 5.86. The van der Waals surface area contributed by atoms with E-state index in [9.17, 15) is 9.59 Å². The summed E-state index contributed by atoms with van der Waals surface area (Å²) in [5.74, 6) is 0.468. The van der Waals surface area contributed by atoms with Crippen LogP contribution in [-0.2, 0) is 11.3 Å². The second-order valence-corrected chi connectivity index (χ2v) is 9.22. The lowest BCUT2D eigenvalue weighted by Crippen LogP contribution is -2.56. The summed E-state index contributed by atoms with van der Waals surface area (Å²) < 4.78 is 0. The first-order valence-corrected chi connectivity index (χ1v) is 10.7. The van der Waals surface area contributed by atoms with Crippen LogP contribution in [0.4, 0.5) is 0 Å². The molecular weight excluding hydrogens is 376 g/mol. The van der Waals surface area contributed by atoms with E-state index < -0.39 is 0 Å². The van der Waals surface area contributed by atoms with E-state index in [0.29, 0.717) is 16.7 Å². The number of amides is 1. The number of H-pyrrole nitrogens is 1. The summed E-state index contributed by atoms with van der Waals surface area (Å²) in [7, 11) is 0. The molecule has 1 aromatic heterocycles. The largest absolute Gasteiger partial charge is 0.352 e. The van der Waals surface area contributed by atoms with Crippen LogP contribution >= 0.6 is 0 Å². The Balaban J connectivity index is 1.09. The minimum Gasteiger partial charge on any atom is -0.352 e. The maximum absolute atomic E-state index is 12.8. The lowest BCUT2D eigenvalue weighted by atomic mass is 9.49. The SMILES string of the molecule is O=C(N[C@H]1CC2(C1)C[C@H](c1n[nH]c(=O)c3ccccc31)C2)C1NCc2ccccc21. The van der Waals surface area contributed by atoms with Crippen molar-refractivity contribution in [2.45, 2.75) is 50.2 Å². The van der Waals surface area contributed by atoms with Gasteiger partial charge in [-0.1, -0.05) is 42.5 Å². The number of nitrogens with zero attached hydrogens (tertiary/aromatic N) is 1. The highest BCUT2D eigenvalue weighted by Gasteiger charge is 2.54. The van der Waals surface area contributed by atoms with E-state index in [1.165, 1.54) is 5.56 Å². The number of fused-ring (bicyclic) bond motifs is 2. The zero-order valence-electron chi connectivity index (χ0n) is 16.7. The third-order valence-electron chi connectivity index (χ3n) is 7.30. The number of carbonyl (C=O) groups excluding carboxylic acids is 1. The molecule has 152 valence electrons. The van der Waals surface area contributed by atoms with Crippen LogP contribution in [0, 0.1) is 5.41 Å². The molecule has 1 spiro atoms. The standard InChI is InChI=1S/C24H24N4O2/c29-22-19-8-4-3-7-18(19)20(27-28-22)15-9-24(10-15)11-16(12-24)26-23(30)21-17-6-2-1-5-14(17)13-25-21/h1-8,15-16,21,25H,9-13H2,(H,26,30)(H,28,29)/t15-,16-,21?,24?. The van der Waals surface area contributed by atoms with Gasteiger partial charge in [-0.2, -0.15) is 5.10 Å². The number of hydrogen-bond acceptors (Lipinski definition) is 4. The molecule has 1 aliphatic heterocycles. The number of carbonyl (C=O) groups is 1. The van der Waals surface area contributed by atoms with Gasteiger partial charge in [0.2, 0.25) is 5.91 Å². The highest BCUT2D eigenvalue weighted by atomic mass is 16.2. The topological polar surface area (TPSA) is 86.9 Å². The fourth-order valence-corrected chi connectivity index (χ4v) is 5.86. The Morgan fingerprint density at radius 2 is 1.73 bits per heavy atom. The predicted molar refractivity (Wildman–Crippen MR) is 114 cm³/mol. The van der Waals surface area contributed by atoms with Crippen molar-refractivity contribution in [1.29, 1.82) is 0 Å². The van der Waals surface area contributed by atoms with Crippen molar-refractivity contribution in [3.8, 4) is 0 Å². The van der Waals surface area contributed by atoms with Crippen LogP contribution in [0.5, 0.6) is 0 Å². The quantitative estimate of drug-likeness (QED) is 0.631. The minimum atomic E-state index is -0.233. The third kappa shape index (κ3) is 2.70. The molecule has 3 aliphatic rings. The monoisotopic (exact) mass is 400 g/mol. The van der Waals surface area contributed by atoms with Gasteiger partial charge in [0.1, 0.15) is 6.04 Å². The van der Waals surface area contributed by atoms with Crippen molar-refractivity contribution in [3.63, 3.8) is 0 Å². The van der Waals surface area contributed by atoms with Crippen LogP contribution in [0.15, 0.2) is 53.3 Å². The molecule has 30 heavy (non-hydrogen) atoms. The van der Waals surface area contributed by atoms with E-state index in [1.807, 2.05) is 42.5 Å². The van der Waals surface area contributed by atoms with E-state index in [2.05, 4.69) is 26.9 Å². The molecule has 1 unspecified atom stereocenters. The zero-order valence-corrected chi connectivity index (χ0v) is 16.7. The lowest BCUT2D eigenvalue weighted by Gasteiger charge is -2.57. The van der Waals surface area contributed by atoms with Crippen LogP contribution < -0.4 is 16.2 Å². The number of hydrogen-bond donors (Lipinski definition) is 3. The predicted octanol–water partition coefficient (Wildman–Crippen LogP) is 2.91. The second kappa shape index (κ2) is 6.51. The number of aromatic nitrogens is 2. The van der Waals surface area contributed by atoms with Gasteiger partial charge in [-0.3, -0.25) is 14.9 Å². The molecule has 3 aromatic rings. The Morgan fingerprint density at radius 3 is 2.57 bits per heavy atom. The van der Waals surface area contributed by atoms with Crippen LogP contribution in [0.25, 0.3) is 10.8 Å². The summed E-state index contributed by atoms with van der Waals surface area (Å²) >= 11 is 0. The van der Waals surface area contributed by atoms with E-state index in [1.54, 1.807) is 0 Å². The smallest absolute Gasteiger partial charge is 0.272 e. The van der Waals surface area contributed by atoms with Gasteiger partial charge < -0.3 is 5.32 Å². The normalized spacial score (nSPS) is 29.3. The molecule has 2 aliphatic carbocycles. The molecule has 6 rings (SSSR count). The average Bonchev–Trinajstić information content (AvgIpc) is 3.14. The molecule has 1 atom stereocenters. The lowest BCUT2D eigenvalue weighted by molar-refractivity contribution is -0.126. The number of nitrogens with one attached hydrogen (secondary N) is 3. The Labute approximate surface area is 174 Å². The van der Waals surface area contributed by atoms with Crippen molar-refractivity contribution < 1.29 is 4.79 Å². The van der Waals surface area contributed by atoms with Crippen molar-refractivity contribution >= 4 is 16.7 Å². The molecule has 2 fully saturated rings. The van der Waals surface area contributed by atoms with E-state index in [0.717, 1.165) is 48.9 Å². The Hall–Kier alpha value is -2.99. The van der Waals surface area contributed by atoms with Crippen LogP contribution in [0.1, 0.15) is 54.5 Å². The van der Waals surface area contributed by atoms with E-state index >= 15 is 0 Å². The molecule has 2 saturated carbocycles. The molecule has 3 N–H and O–H groups in total. The van der Waals surface area contributed by atoms with Gasteiger partial charge in [-0.05, 0) is 48.3 Å². The molecule has 0 bridgehead atoms. The Morgan fingerprint density at radius 1 is 1.00 bits per heavy atom. The summed E-state index contributed by atoms with van der Waals surface area (Å²) in [6, 6.07) is 15.9. The highest BCUT2D eigenvalue weighted by Crippen LogP contribution is 2.62. The fraction of sp³-hybridized carbons (Fsp3) is 0.375. The first-order chi connectivity index (χ1) is 14.6. The first kappa shape index (κ1) is 17.8. The molecule has 0 radical (unpaired) electrons. The van der Waals surface area contributed by atoms with Crippen molar-refractivity contribution in [2.24, 2.45) is 5.41 Å². The van der Waals surface area contributed by atoms with Crippen LogP contribution in [-0.4, -0.2) is 22.1 Å². The van der Waals surface area contributed by atoms with Crippen molar-refractivity contribution in [2.75, 3.05) is 0 Å². The van der Waals surface area contributed by atoms with Gasteiger partial charge in [0.05, 0.1) is 11.1 Å². The van der Waals surface area contributed by atoms with Crippen LogP contribution in [0.3, 0.4) is 0 Å². The molecule has 1 amide bonds. The van der Waals surface area contributed by atoms with Gasteiger partial charge in [0.15, 0.2) is 0 Å². The van der Waals surface area contributed by atoms with Gasteiger partial charge in [-0.25, -0.2) is 5.10 Å². The Bertz CT molecular complexity index is 1200. The third-order valence-corrected chi connectivity index (χ3v) is 7.30. The molecule has 6 heteroatoms. The number of rotatable bonds is 3. The molecule has 2 heterocycles. The Kier molecular flexibility index (Phi) is 3.87. The van der Waals surface area contributed by atoms with Gasteiger partial charge in [0, 0.05) is 23.9 Å². The van der Waals surface area contributed by atoms with Crippen LogP contribution in [0.2, 0.25) is 0 Å². The second-order valence-electron chi connectivity index (χ2n) is 9.22. The number of aromatic amines is 1. The highest BCUT2D eigenvalue weighted by molar-refractivity contribution is 5.85. The zero-order chi connectivity index (χ0) is 20.3. The summed E-state index contributed by atoms with van der Waals surface area (Å²) in [5.41, 5.74) is 3.52. The van der Waals surface area contributed by atoms with Crippen molar-refractivity contribution in [1.82, 2.24) is 20.8 Å². The van der Waals surface area contributed by atoms with E-state index in [4.69, 9.17) is 0 Å². The molecule has 2 aromatic carbocycles. The molecular formula is C24H24N4O2. The average molecular weight is 400 g/mol. The van der Waals surface area contributed by atoms with Crippen molar-refractivity contribution in [3.05, 3.63) is 75.7 Å². The van der Waals surface area contributed by atoms with Gasteiger partial charge >= 0.3 is 0 Å². The number of benzene rings is 2. The molecule has 0 saturated heterocycles. The van der Waals surface area contributed by atoms with E-state index in [-0.39, 0.29) is 23.6 Å². The van der Waals surface area contributed by atoms with Gasteiger partial charge in [0.25, 0.3) is 5.56 Å².